The average Bonchev–Trinajstić information content (AvgIpc) is 2.27. The number of rotatable bonds is 2. The molecule has 2 rings (SSSR count). The molecular weight excluding hydrogens is 192 g/mol. The maximum absolute atomic E-state index is 8.92. The van der Waals surface area contributed by atoms with Crippen molar-refractivity contribution in [1.29, 1.82) is 0 Å². The Kier molecular flexibility index (Phi) is 2.49. The van der Waals surface area contributed by atoms with Gasteiger partial charge >= 0.3 is 0 Å². The van der Waals surface area contributed by atoms with Crippen LogP contribution in [-0.2, 0) is 0 Å². The minimum Gasteiger partial charge on any atom is -0.394 e. The smallest absolute Gasteiger partial charge is 0.142 e. The first-order chi connectivity index (χ1) is 7.20. The van der Waals surface area contributed by atoms with Gasteiger partial charge in [-0.05, 0) is 17.7 Å². The van der Waals surface area contributed by atoms with E-state index in [0.717, 1.165) is 16.6 Å². The number of nitrogens with two attached hydrogens (primary N) is 2. The van der Waals surface area contributed by atoms with Gasteiger partial charge in [0.1, 0.15) is 5.82 Å². The predicted molar refractivity (Wildman–Crippen MR) is 58.0 cm³/mol. The van der Waals surface area contributed by atoms with Crippen molar-refractivity contribution < 1.29 is 5.11 Å². The third kappa shape index (κ3) is 1.88. The van der Waals surface area contributed by atoms with Gasteiger partial charge in [-0.3, -0.25) is 4.98 Å². The molecule has 0 bridgehead atoms. The van der Waals surface area contributed by atoms with E-state index < -0.39 is 0 Å². The topological polar surface area (TPSA) is 98.0 Å². The highest BCUT2D eigenvalue weighted by atomic mass is 16.3. The molecule has 0 amide bonds. The van der Waals surface area contributed by atoms with E-state index in [1.54, 1.807) is 6.07 Å². The molecule has 5 nitrogen and oxygen atoms in total. The Morgan fingerprint density at radius 3 is 2.87 bits per heavy atom. The Bertz CT molecular complexity index is 486. The van der Waals surface area contributed by atoms with Crippen molar-refractivity contribution >= 4 is 16.9 Å². The van der Waals surface area contributed by atoms with E-state index >= 15 is 0 Å². The summed E-state index contributed by atoms with van der Waals surface area (Å²) in [7, 11) is 0. The quantitative estimate of drug-likeness (QED) is 0.649. The summed E-state index contributed by atoms with van der Waals surface area (Å²) in [6, 6.07) is 5.04. The summed E-state index contributed by atoms with van der Waals surface area (Å²) < 4.78 is 0. The van der Waals surface area contributed by atoms with E-state index in [0.29, 0.717) is 5.82 Å². The molecule has 1 atom stereocenters. The lowest BCUT2D eigenvalue weighted by atomic mass is 10.1. The minimum atomic E-state index is -0.381. The van der Waals surface area contributed by atoms with Gasteiger partial charge in [0.05, 0.1) is 29.9 Å². The second-order valence-electron chi connectivity index (χ2n) is 3.33. The molecule has 0 aliphatic carbocycles. The number of anilines is 1. The average molecular weight is 204 g/mol. The molecule has 15 heavy (non-hydrogen) atoms. The molecule has 1 heterocycles. The lowest BCUT2D eigenvalue weighted by Crippen LogP contribution is -2.14. The van der Waals surface area contributed by atoms with E-state index in [1.807, 2.05) is 12.1 Å². The van der Waals surface area contributed by atoms with E-state index in [9.17, 15) is 0 Å². The molecule has 2 aromatic rings. The Labute approximate surface area is 86.8 Å². The van der Waals surface area contributed by atoms with Crippen LogP contribution in [-0.4, -0.2) is 21.7 Å². The molecule has 0 aliphatic rings. The fraction of sp³-hybridized carbons (Fsp3) is 0.200. The van der Waals surface area contributed by atoms with Crippen LogP contribution in [0, 0.1) is 0 Å². The van der Waals surface area contributed by atoms with E-state index in [2.05, 4.69) is 9.97 Å². The molecule has 0 saturated carbocycles. The van der Waals surface area contributed by atoms with Gasteiger partial charge in [-0.1, -0.05) is 6.07 Å². The van der Waals surface area contributed by atoms with Crippen LogP contribution in [0.1, 0.15) is 11.6 Å². The standard InChI is InChI=1S/C10H12N4O/c11-7(5-15)6-1-2-8-9(3-6)13-4-10(12)14-8/h1-4,7,15H,5,11H2,(H2,12,14). The maximum Gasteiger partial charge on any atom is 0.142 e. The van der Waals surface area contributed by atoms with Crippen LogP contribution in [0.15, 0.2) is 24.4 Å². The number of aliphatic hydroxyl groups is 1. The van der Waals surface area contributed by atoms with Crippen LogP contribution < -0.4 is 11.5 Å². The molecule has 78 valence electrons. The molecule has 5 N–H and O–H groups in total. The summed E-state index contributed by atoms with van der Waals surface area (Å²) in [6.45, 7) is -0.0894. The second kappa shape index (κ2) is 3.80. The number of benzene rings is 1. The lowest BCUT2D eigenvalue weighted by Gasteiger charge is -2.08. The molecule has 1 aromatic heterocycles. The normalized spacial score (nSPS) is 12.9. The van der Waals surface area contributed by atoms with E-state index in [-0.39, 0.29) is 12.6 Å². The SMILES string of the molecule is Nc1cnc2cc(C(N)CO)ccc2n1. The molecule has 1 unspecified atom stereocenters. The lowest BCUT2D eigenvalue weighted by molar-refractivity contribution is 0.268. The summed E-state index contributed by atoms with van der Waals surface area (Å²) in [5.74, 6) is 0.390. The Hall–Kier alpha value is -1.72. The summed E-state index contributed by atoms with van der Waals surface area (Å²) in [5.41, 5.74) is 13.5. The summed E-state index contributed by atoms with van der Waals surface area (Å²) in [5, 5.41) is 8.92. The van der Waals surface area contributed by atoms with Gasteiger partial charge in [0.2, 0.25) is 0 Å². The van der Waals surface area contributed by atoms with Gasteiger partial charge in [0, 0.05) is 0 Å². The van der Waals surface area contributed by atoms with Gasteiger partial charge in [0.25, 0.3) is 0 Å². The Morgan fingerprint density at radius 2 is 2.13 bits per heavy atom. The van der Waals surface area contributed by atoms with Crippen LogP contribution >= 0.6 is 0 Å². The van der Waals surface area contributed by atoms with Crippen LogP contribution in [0.4, 0.5) is 5.82 Å². The number of aliphatic hydroxyl groups excluding tert-OH is 1. The summed E-state index contributed by atoms with van der Waals surface area (Å²) in [4.78, 5) is 8.25. The highest BCUT2D eigenvalue weighted by Crippen LogP contribution is 2.16. The number of aromatic nitrogens is 2. The van der Waals surface area contributed by atoms with Crippen LogP contribution in [0.2, 0.25) is 0 Å². The molecule has 5 heteroatoms. The number of hydrogen-bond donors (Lipinski definition) is 3. The van der Waals surface area contributed by atoms with E-state index in [1.165, 1.54) is 6.20 Å². The zero-order valence-corrected chi connectivity index (χ0v) is 8.09. The summed E-state index contributed by atoms with van der Waals surface area (Å²) in [6.07, 6.45) is 1.50. The first-order valence-corrected chi connectivity index (χ1v) is 4.59. The van der Waals surface area contributed by atoms with E-state index in [4.69, 9.17) is 16.6 Å². The van der Waals surface area contributed by atoms with Crippen LogP contribution in [0.3, 0.4) is 0 Å². The summed E-state index contributed by atoms with van der Waals surface area (Å²) >= 11 is 0. The Balaban J connectivity index is 2.52. The molecule has 0 saturated heterocycles. The second-order valence-corrected chi connectivity index (χ2v) is 3.33. The van der Waals surface area contributed by atoms with Gasteiger partial charge in [-0.2, -0.15) is 0 Å². The molecule has 0 radical (unpaired) electrons. The Morgan fingerprint density at radius 1 is 1.33 bits per heavy atom. The van der Waals surface area contributed by atoms with Gasteiger partial charge < -0.3 is 16.6 Å². The van der Waals surface area contributed by atoms with Crippen molar-refractivity contribution in [2.24, 2.45) is 5.73 Å². The first kappa shape index (κ1) is 9.82. The van der Waals surface area contributed by atoms with Crippen molar-refractivity contribution in [3.8, 4) is 0 Å². The van der Waals surface area contributed by atoms with Crippen molar-refractivity contribution in [2.75, 3.05) is 12.3 Å². The third-order valence-electron chi connectivity index (χ3n) is 2.21. The molecule has 0 aliphatic heterocycles. The van der Waals surface area contributed by atoms with Crippen LogP contribution in [0.25, 0.3) is 11.0 Å². The highest BCUT2D eigenvalue weighted by Gasteiger charge is 2.06. The van der Waals surface area contributed by atoms with Gasteiger partial charge in [-0.25, -0.2) is 4.98 Å². The molecular formula is C10H12N4O. The van der Waals surface area contributed by atoms with Crippen LogP contribution in [0.5, 0.6) is 0 Å². The van der Waals surface area contributed by atoms with Crippen molar-refractivity contribution in [3.05, 3.63) is 30.0 Å². The number of nitrogen functional groups attached to an aromatic ring is 1. The first-order valence-electron chi connectivity index (χ1n) is 4.59. The van der Waals surface area contributed by atoms with Crippen molar-refractivity contribution in [2.45, 2.75) is 6.04 Å². The zero-order valence-electron chi connectivity index (χ0n) is 8.09. The molecule has 0 fully saturated rings. The van der Waals surface area contributed by atoms with Crippen molar-refractivity contribution in [1.82, 2.24) is 9.97 Å². The zero-order chi connectivity index (χ0) is 10.8. The van der Waals surface area contributed by atoms with Gasteiger partial charge in [-0.15, -0.1) is 0 Å². The fourth-order valence-electron chi connectivity index (χ4n) is 1.38. The minimum absolute atomic E-state index is 0.0894. The highest BCUT2D eigenvalue weighted by molar-refractivity contribution is 5.76. The largest absolute Gasteiger partial charge is 0.394 e. The number of nitrogens with zero attached hydrogens (tertiary/aromatic N) is 2. The molecule has 1 aromatic carbocycles. The van der Waals surface area contributed by atoms with Crippen molar-refractivity contribution in [3.63, 3.8) is 0 Å². The fourth-order valence-corrected chi connectivity index (χ4v) is 1.38. The monoisotopic (exact) mass is 204 g/mol. The van der Waals surface area contributed by atoms with Gasteiger partial charge in [0.15, 0.2) is 0 Å². The third-order valence-corrected chi connectivity index (χ3v) is 2.21. The molecule has 0 spiro atoms. The predicted octanol–water partition coefficient (Wildman–Crippen LogP) is 0.204. The number of fused-ring (bicyclic) bond motifs is 1. The number of hydrogen-bond acceptors (Lipinski definition) is 5. The maximum atomic E-state index is 8.92.